The predicted octanol–water partition coefficient (Wildman–Crippen LogP) is 2.91. The fraction of sp³-hybridized carbons (Fsp3) is 0.650. The summed E-state index contributed by atoms with van der Waals surface area (Å²) in [5.41, 5.74) is 8.37. The third-order valence-electron chi connectivity index (χ3n) is 4.83. The Balaban J connectivity index is 1.76. The zero-order valence-corrected chi connectivity index (χ0v) is 15.4. The second-order valence-electron chi connectivity index (χ2n) is 7.73. The summed E-state index contributed by atoms with van der Waals surface area (Å²) in [6.07, 6.45) is 3.33. The fourth-order valence-electron chi connectivity index (χ4n) is 3.18. The van der Waals surface area contributed by atoms with Gasteiger partial charge in [-0.2, -0.15) is 0 Å². The smallest absolute Gasteiger partial charge is 0.237 e. The van der Waals surface area contributed by atoms with Gasteiger partial charge < -0.3 is 11.1 Å². The minimum atomic E-state index is -0.411. The van der Waals surface area contributed by atoms with E-state index in [1.807, 2.05) is 0 Å². The molecule has 4 nitrogen and oxygen atoms in total. The molecule has 1 aliphatic rings. The Morgan fingerprint density at radius 1 is 1.21 bits per heavy atom. The zero-order valence-electron chi connectivity index (χ0n) is 15.4. The second kappa shape index (κ2) is 9.19. The average molecular weight is 332 g/mol. The SMILES string of the molecule is CC(C)C[C@H](N)C(=O)NCc1ccc(CN2CCC(C)CC2)cc1. The lowest BCUT2D eigenvalue weighted by Gasteiger charge is -2.30. The van der Waals surface area contributed by atoms with Gasteiger partial charge in [-0.3, -0.25) is 9.69 Å². The Morgan fingerprint density at radius 2 is 1.79 bits per heavy atom. The first kappa shape index (κ1) is 18.9. The van der Waals surface area contributed by atoms with Gasteiger partial charge in [0.15, 0.2) is 0 Å². The number of carbonyl (C=O) groups is 1. The van der Waals surface area contributed by atoms with E-state index in [2.05, 4.69) is 55.3 Å². The number of hydrogen-bond donors (Lipinski definition) is 2. The monoisotopic (exact) mass is 331 g/mol. The van der Waals surface area contributed by atoms with Crippen LogP contribution in [0.15, 0.2) is 24.3 Å². The van der Waals surface area contributed by atoms with Crippen molar-refractivity contribution in [2.45, 2.75) is 59.2 Å². The number of likely N-dealkylation sites (tertiary alicyclic amines) is 1. The van der Waals surface area contributed by atoms with E-state index in [9.17, 15) is 4.79 Å². The number of amides is 1. The topological polar surface area (TPSA) is 58.4 Å². The van der Waals surface area contributed by atoms with Crippen molar-refractivity contribution in [3.8, 4) is 0 Å². The number of piperidine rings is 1. The minimum absolute atomic E-state index is 0.0600. The van der Waals surface area contributed by atoms with E-state index in [1.165, 1.54) is 31.5 Å². The van der Waals surface area contributed by atoms with Crippen molar-refractivity contribution in [3.05, 3.63) is 35.4 Å². The lowest BCUT2D eigenvalue weighted by molar-refractivity contribution is -0.122. The van der Waals surface area contributed by atoms with Crippen molar-refractivity contribution in [2.24, 2.45) is 17.6 Å². The molecule has 1 heterocycles. The lowest BCUT2D eigenvalue weighted by atomic mass is 9.99. The van der Waals surface area contributed by atoms with Gasteiger partial charge in [0.25, 0.3) is 0 Å². The van der Waals surface area contributed by atoms with Crippen molar-refractivity contribution >= 4 is 5.91 Å². The van der Waals surface area contributed by atoms with Crippen molar-refractivity contribution < 1.29 is 4.79 Å². The molecule has 0 aliphatic carbocycles. The van der Waals surface area contributed by atoms with Crippen molar-refractivity contribution in [1.29, 1.82) is 0 Å². The van der Waals surface area contributed by atoms with Crippen LogP contribution in [0.3, 0.4) is 0 Å². The van der Waals surface area contributed by atoms with Gasteiger partial charge in [0.1, 0.15) is 0 Å². The number of carbonyl (C=O) groups excluding carboxylic acids is 1. The molecule has 0 saturated carbocycles. The van der Waals surface area contributed by atoms with E-state index in [1.54, 1.807) is 0 Å². The third kappa shape index (κ3) is 6.25. The molecule has 0 spiro atoms. The molecular formula is C20H33N3O. The molecule has 0 bridgehead atoms. The van der Waals surface area contributed by atoms with E-state index in [-0.39, 0.29) is 5.91 Å². The molecule has 1 aromatic carbocycles. The molecule has 2 rings (SSSR count). The molecule has 1 atom stereocenters. The molecule has 1 fully saturated rings. The molecule has 1 aromatic rings. The van der Waals surface area contributed by atoms with Gasteiger partial charge in [0.05, 0.1) is 6.04 Å². The van der Waals surface area contributed by atoms with Gasteiger partial charge in [-0.15, -0.1) is 0 Å². The van der Waals surface area contributed by atoms with Gasteiger partial charge in [-0.25, -0.2) is 0 Å². The Labute approximate surface area is 146 Å². The number of nitrogens with two attached hydrogens (primary N) is 1. The molecule has 4 heteroatoms. The maximum atomic E-state index is 12.0. The highest BCUT2D eigenvalue weighted by Gasteiger charge is 2.16. The van der Waals surface area contributed by atoms with E-state index in [0.717, 1.165) is 24.4 Å². The Bertz CT molecular complexity index is 504. The summed E-state index contributed by atoms with van der Waals surface area (Å²) in [4.78, 5) is 14.5. The number of benzene rings is 1. The standard InChI is InChI=1S/C20H33N3O/c1-15(2)12-19(21)20(24)22-13-17-4-6-18(7-5-17)14-23-10-8-16(3)9-11-23/h4-7,15-16,19H,8-14,21H2,1-3H3,(H,22,24)/t19-/m0/s1. The predicted molar refractivity (Wildman–Crippen MR) is 99.4 cm³/mol. The Hall–Kier alpha value is -1.39. The van der Waals surface area contributed by atoms with Gasteiger partial charge >= 0.3 is 0 Å². The number of rotatable bonds is 7. The van der Waals surface area contributed by atoms with Crippen molar-refractivity contribution in [3.63, 3.8) is 0 Å². The minimum Gasteiger partial charge on any atom is -0.351 e. The first-order valence-electron chi connectivity index (χ1n) is 9.27. The Kier molecular flexibility index (Phi) is 7.25. The summed E-state index contributed by atoms with van der Waals surface area (Å²) in [5, 5.41) is 2.94. The van der Waals surface area contributed by atoms with Crippen LogP contribution >= 0.6 is 0 Å². The molecule has 1 amide bonds. The first-order chi connectivity index (χ1) is 11.4. The molecule has 1 aliphatic heterocycles. The molecule has 3 N–H and O–H groups in total. The van der Waals surface area contributed by atoms with E-state index < -0.39 is 6.04 Å². The van der Waals surface area contributed by atoms with Crippen LogP contribution in [0.5, 0.6) is 0 Å². The van der Waals surface area contributed by atoms with Crippen molar-refractivity contribution in [2.75, 3.05) is 13.1 Å². The summed E-state index contributed by atoms with van der Waals surface area (Å²) in [7, 11) is 0. The normalized spacial score (nSPS) is 17.9. The van der Waals surface area contributed by atoms with E-state index in [4.69, 9.17) is 5.73 Å². The summed E-state index contributed by atoms with van der Waals surface area (Å²) in [6, 6.07) is 8.15. The fourth-order valence-corrected chi connectivity index (χ4v) is 3.18. The van der Waals surface area contributed by atoms with Crippen LogP contribution in [-0.4, -0.2) is 29.9 Å². The molecule has 0 radical (unpaired) electrons. The van der Waals surface area contributed by atoms with Crippen LogP contribution in [0.4, 0.5) is 0 Å². The lowest BCUT2D eigenvalue weighted by Crippen LogP contribution is -2.41. The summed E-state index contributed by atoms with van der Waals surface area (Å²) in [5.74, 6) is 1.24. The molecule has 1 saturated heterocycles. The van der Waals surface area contributed by atoms with E-state index in [0.29, 0.717) is 12.5 Å². The van der Waals surface area contributed by atoms with E-state index >= 15 is 0 Å². The summed E-state index contributed by atoms with van der Waals surface area (Å²) >= 11 is 0. The zero-order chi connectivity index (χ0) is 17.5. The molecule has 24 heavy (non-hydrogen) atoms. The van der Waals surface area contributed by atoms with Crippen LogP contribution < -0.4 is 11.1 Å². The maximum absolute atomic E-state index is 12.0. The molecular weight excluding hydrogens is 298 g/mol. The average Bonchev–Trinajstić information content (AvgIpc) is 2.55. The van der Waals surface area contributed by atoms with Gasteiger partial charge in [-0.1, -0.05) is 45.0 Å². The van der Waals surface area contributed by atoms with Crippen LogP contribution in [0.1, 0.15) is 51.2 Å². The Morgan fingerprint density at radius 3 is 2.38 bits per heavy atom. The summed E-state index contributed by atoms with van der Waals surface area (Å²) < 4.78 is 0. The van der Waals surface area contributed by atoms with Gasteiger partial charge in [0, 0.05) is 13.1 Å². The molecule has 134 valence electrons. The molecule has 0 aromatic heterocycles. The quantitative estimate of drug-likeness (QED) is 0.808. The first-order valence-corrected chi connectivity index (χ1v) is 9.27. The highest BCUT2D eigenvalue weighted by molar-refractivity contribution is 5.81. The van der Waals surface area contributed by atoms with Crippen LogP contribution in [0, 0.1) is 11.8 Å². The van der Waals surface area contributed by atoms with Crippen molar-refractivity contribution in [1.82, 2.24) is 10.2 Å². The second-order valence-corrected chi connectivity index (χ2v) is 7.73. The maximum Gasteiger partial charge on any atom is 0.237 e. The van der Waals surface area contributed by atoms with Gasteiger partial charge in [0.2, 0.25) is 5.91 Å². The number of hydrogen-bond acceptors (Lipinski definition) is 3. The molecule has 0 unspecified atom stereocenters. The third-order valence-corrected chi connectivity index (χ3v) is 4.83. The highest BCUT2D eigenvalue weighted by Crippen LogP contribution is 2.18. The van der Waals surface area contributed by atoms with Crippen LogP contribution in [-0.2, 0) is 17.9 Å². The largest absolute Gasteiger partial charge is 0.351 e. The number of nitrogens with zero attached hydrogens (tertiary/aromatic N) is 1. The highest BCUT2D eigenvalue weighted by atomic mass is 16.2. The van der Waals surface area contributed by atoms with Crippen LogP contribution in [0.25, 0.3) is 0 Å². The summed E-state index contributed by atoms with van der Waals surface area (Å²) in [6.45, 7) is 10.5. The van der Waals surface area contributed by atoms with Crippen LogP contribution in [0.2, 0.25) is 0 Å². The van der Waals surface area contributed by atoms with Gasteiger partial charge in [-0.05, 0) is 55.3 Å². The number of nitrogens with one attached hydrogen (secondary N) is 1.